The summed E-state index contributed by atoms with van der Waals surface area (Å²) in [7, 11) is 0. The molecule has 4 fully saturated rings. The number of hydrogen-bond donors (Lipinski definition) is 4. The molecule has 0 aliphatic heterocycles. The lowest BCUT2D eigenvalue weighted by molar-refractivity contribution is -0.203. The van der Waals surface area contributed by atoms with E-state index in [1.54, 1.807) is 0 Å². The van der Waals surface area contributed by atoms with E-state index in [0.29, 0.717) is 17.8 Å². The van der Waals surface area contributed by atoms with Crippen molar-refractivity contribution in [3.8, 4) is 0 Å². The standard InChI is InChI=1S/C27H44O6/c1-5-16-21-13-15(28)8-10-27(21,4)20-9-11-26(3)18(6-7-19(26)22(20)23(16)29)14(2)12-17(24(30)31)25(32)33/h14-23,28-29H,5-13H2,1-4H3,(H,30,31)(H,32,33)/t14-,15-,16-,18-,19+,20+,21+,22+,23-,26-,27-/m1/s1. The Morgan fingerprint density at radius 1 is 0.909 bits per heavy atom. The first-order valence-electron chi connectivity index (χ1n) is 13.3. The Morgan fingerprint density at radius 3 is 2.12 bits per heavy atom. The molecule has 0 aromatic carbocycles. The molecule has 0 radical (unpaired) electrons. The molecule has 0 unspecified atom stereocenters. The number of carboxylic acid groups (broad SMARTS) is 2. The Kier molecular flexibility index (Phi) is 6.67. The van der Waals surface area contributed by atoms with E-state index < -0.39 is 17.9 Å². The zero-order valence-electron chi connectivity index (χ0n) is 20.7. The van der Waals surface area contributed by atoms with Gasteiger partial charge in [0.2, 0.25) is 0 Å². The third-order valence-corrected chi connectivity index (χ3v) is 11.4. The van der Waals surface area contributed by atoms with Crippen molar-refractivity contribution in [2.24, 2.45) is 58.2 Å². The van der Waals surface area contributed by atoms with E-state index in [-0.39, 0.29) is 53.1 Å². The number of carboxylic acids is 2. The lowest BCUT2D eigenvalue weighted by Gasteiger charge is -2.64. The molecular formula is C27H44O6. The molecule has 0 spiro atoms. The van der Waals surface area contributed by atoms with Crippen molar-refractivity contribution in [3.63, 3.8) is 0 Å². The molecule has 0 aromatic rings. The van der Waals surface area contributed by atoms with E-state index in [1.165, 1.54) is 0 Å². The first-order chi connectivity index (χ1) is 15.5. The van der Waals surface area contributed by atoms with E-state index in [9.17, 15) is 30.0 Å². The summed E-state index contributed by atoms with van der Waals surface area (Å²) < 4.78 is 0. The number of carbonyl (C=O) groups is 2. The van der Waals surface area contributed by atoms with E-state index in [4.69, 9.17) is 0 Å². The molecule has 4 saturated carbocycles. The largest absolute Gasteiger partial charge is 0.481 e. The molecule has 33 heavy (non-hydrogen) atoms. The second-order valence-electron chi connectivity index (χ2n) is 12.6. The summed E-state index contributed by atoms with van der Waals surface area (Å²) in [6, 6.07) is 0. The van der Waals surface area contributed by atoms with Crippen LogP contribution in [0.5, 0.6) is 0 Å². The molecule has 4 aliphatic rings. The molecule has 11 atom stereocenters. The van der Waals surface area contributed by atoms with Gasteiger partial charge in [0.25, 0.3) is 0 Å². The maximum atomic E-state index is 11.7. The molecule has 0 saturated heterocycles. The number of rotatable bonds is 6. The van der Waals surface area contributed by atoms with Crippen LogP contribution in [0, 0.1) is 58.2 Å². The van der Waals surface area contributed by atoms with Gasteiger partial charge in [0, 0.05) is 0 Å². The summed E-state index contributed by atoms with van der Waals surface area (Å²) in [5, 5.41) is 41.0. The van der Waals surface area contributed by atoms with E-state index in [2.05, 4.69) is 20.8 Å². The molecule has 4 aliphatic carbocycles. The Bertz CT molecular complexity index is 754. The Balaban J connectivity index is 1.61. The van der Waals surface area contributed by atoms with E-state index in [1.807, 2.05) is 6.92 Å². The second kappa shape index (κ2) is 8.82. The molecule has 188 valence electrons. The SMILES string of the molecule is CC[C@H]1[C@@H](O)[C@@H]2[C@H](CC[C@]3(C)[C@@H]([C@H](C)CC(C(=O)O)C(=O)O)CC[C@@H]23)[C@@]2(C)CC[C@@H](O)C[C@@H]12. The summed E-state index contributed by atoms with van der Waals surface area (Å²) in [4.78, 5) is 23.0. The molecule has 0 aromatic heterocycles. The van der Waals surface area contributed by atoms with Gasteiger partial charge in [-0.2, -0.15) is 0 Å². The van der Waals surface area contributed by atoms with Gasteiger partial charge in [-0.1, -0.05) is 34.1 Å². The molecule has 6 nitrogen and oxygen atoms in total. The van der Waals surface area contributed by atoms with Gasteiger partial charge >= 0.3 is 11.9 Å². The summed E-state index contributed by atoms with van der Waals surface area (Å²) in [5.41, 5.74) is 0.172. The molecule has 4 N–H and O–H groups in total. The van der Waals surface area contributed by atoms with Crippen molar-refractivity contribution in [2.45, 2.75) is 97.7 Å². The first kappa shape index (κ1) is 25.0. The van der Waals surface area contributed by atoms with Crippen molar-refractivity contribution in [2.75, 3.05) is 0 Å². The van der Waals surface area contributed by atoms with Crippen LogP contribution in [-0.4, -0.2) is 44.6 Å². The summed E-state index contributed by atoms with van der Waals surface area (Å²) in [6.07, 6.45) is 7.35. The van der Waals surface area contributed by atoms with Crippen molar-refractivity contribution in [1.29, 1.82) is 0 Å². The van der Waals surface area contributed by atoms with Crippen molar-refractivity contribution in [3.05, 3.63) is 0 Å². The third kappa shape index (κ3) is 3.84. The van der Waals surface area contributed by atoms with Gasteiger partial charge in [0.1, 0.15) is 0 Å². The fourth-order valence-corrected chi connectivity index (χ4v) is 9.78. The van der Waals surface area contributed by atoms with Crippen LogP contribution < -0.4 is 0 Å². The average Bonchev–Trinajstić information content (AvgIpc) is 3.10. The molecule has 0 bridgehead atoms. The molecule has 0 heterocycles. The van der Waals surface area contributed by atoms with Gasteiger partial charge in [0.15, 0.2) is 5.92 Å². The lowest BCUT2D eigenvalue weighted by atomic mass is 9.41. The van der Waals surface area contributed by atoms with Gasteiger partial charge < -0.3 is 20.4 Å². The fourth-order valence-electron chi connectivity index (χ4n) is 9.78. The number of aliphatic hydroxyl groups is 2. The highest BCUT2D eigenvalue weighted by atomic mass is 16.4. The van der Waals surface area contributed by atoms with Gasteiger partial charge in [0.05, 0.1) is 12.2 Å². The number of hydrogen-bond acceptors (Lipinski definition) is 4. The number of fused-ring (bicyclic) bond motifs is 5. The van der Waals surface area contributed by atoms with Crippen LogP contribution >= 0.6 is 0 Å². The Hall–Kier alpha value is -1.14. The van der Waals surface area contributed by atoms with Crippen LogP contribution in [0.2, 0.25) is 0 Å². The predicted octanol–water partition coefficient (Wildman–Crippen LogP) is 4.42. The van der Waals surface area contributed by atoms with Gasteiger partial charge in [-0.25, -0.2) is 0 Å². The predicted molar refractivity (Wildman–Crippen MR) is 124 cm³/mol. The third-order valence-electron chi connectivity index (χ3n) is 11.4. The summed E-state index contributed by atoms with van der Waals surface area (Å²) in [5.74, 6) is -1.84. The Morgan fingerprint density at radius 2 is 1.52 bits per heavy atom. The van der Waals surface area contributed by atoms with Gasteiger partial charge in [-0.05, 0) is 104 Å². The lowest BCUT2D eigenvalue weighted by Crippen LogP contribution is -2.62. The normalized spacial score (nSPS) is 48.0. The van der Waals surface area contributed by atoms with Crippen LogP contribution in [-0.2, 0) is 9.59 Å². The minimum absolute atomic E-state index is 0.0127. The van der Waals surface area contributed by atoms with Crippen molar-refractivity contribution in [1.82, 2.24) is 0 Å². The average molecular weight is 465 g/mol. The Labute approximate surface area is 198 Å². The first-order valence-corrected chi connectivity index (χ1v) is 13.3. The number of aliphatic carboxylic acids is 2. The summed E-state index contributed by atoms with van der Waals surface area (Å²) >= 11 is 0. The maximum Gasteiger partial charge on any atom is 0.317 e. The molecule has 4 rings (SSSR count). The highest BCUT2D eigenvalue weighted by Gasteiger charge is 2.65. The van der Waals surface area contributed by atoms with E-state index in [0.717, 1.165) is 51.4 Å². The van der Waals surface area contributed by atoms with E-state index >= 15 is 0 Å². The maximum absolute atomic E-state index is 11.7. The minimum Gasteiger partial charge on any atom is -0.481 e. The zero-order valence-corrected chi connectivity index (χ0v) is 20.7. The molecule has 0 amide bonds. The second-order valence-corrected chi connectivity index (χ2v) is 12.6. The van der Waals surface area contributed by atoms with Crippen LogP contribution in [0.1, 0.15) is 85.5 Å². The topological polar surface area (TPSA) is 115 Å². The smallest absolute Gasteiger partial charge is 0.317 e. The zero-order chi connectivity index (χ0) is 24.3. The highest BCUT2D eigenvalue weighted by molar-refractivity contribution is 5.92. The summed E-state index contributed by atoms with van der Waals surface area (Å²) in [6.45, 7) is 8.98. The van der Waals surface area contributed by atoms with Crippen LogP contribution in [0.4, 0.5) is 0 Å². The monoisotopic (exact) mass is 464 g/mol. The van der Waals surface area contributed by atoms with Gasteiger partial charge in [-0.3, -0.25) is 9.59 Å². The van der Waals surface area contributed by atoms with Crippen LogP contribution in [0.15, 0.2) is 0 Å². The fraction of sp³-hybridized carbons (Fsp3) is 0.926. The van der Waals surface area contributed by atoms with Crippen LogP contribution in [0.25, 0.3) is 0 Å². The quantitative estimate of drug-likeness (QED) is 0.433. The number of aliphatic hydroxyl groups excluding tert-OH is 2. The van der Waals surface area contributed by atoms with Crippen LogP contribution in [0.3, 0.4) is 0 Å². The minimum atomic E-state index is -1.35. The molecular weight excluding hydrogens is 420 g/mol. The van der Waals surface area contributed by atoms with Crippen molar-refractivity contribution < 1.29 is 30.0 Å². The molecule has 6 heteroatoms. The van der Waals surface area contributed by atoms with Gasteiger partial charge in [-0.15, -0.1) is 0 Å². The highest BCUT2D eigenvalue weighted by Crippen LogP contribution is 2.69. The van der Waals surface area contributed by atoms with Crippen molar-refractivity contribution >= 4 is 11.9 Å².